The summed E-state index contributed by atoms with van der Waals surface area (Å²) in [5.41, 5.74) is 3.84. The molecule has 136 valence electrons. The maximum Gasteiger partial charge on any atom is 0.158 e. The van der Waals surface area contributed by atoms with Gasteiger partial charge in [-0.3, -0.25) is 0 Å². The second-order valence-corrected chi connectivity index (χ2v) is 8.49. The van der Waals surface area contributed by atoms with Gasteiger partial charge in [0.05, 0.1) is 5.39 Å². The molecular formula is C21H19N3OS2. The Morgan fingerprint density at radius 1 is 1.11 bits per heavy atom. The van der Waals surface area contributed by atoms with Crippen molar-refractivity contribution in [3.63, 3.8) is 0 Å². The van der Waals surface area contributed by atoms with Gasteiger partial charge >= 0.3 is 0 Å². The van der Waals surface area contributed by atoms with Gasteiger partial charge in [-0.05, 0) is 29.0 Å². The van der Waals surface area contributed by atoms with Crippen molar-refractivity contribution < 1.29 is 4.74 Å². The lowest BCUT2D eigenvalue weighted by Crippen LogP contribution is -2.30. The first-order chi connectivity index (χ1) is 13.3. The van der Waals surface area contributed by atoms with Crippen molar-refractivity contribution in [1.82, 2.24) is 9.97 Å². The predicted octanol–water partition coefficient (Wildman–Crippen LogP) is 5.13. The van der Waals surface area contributed by atoms with E-state index in [0.717, 1.165) is 41.4 Å². The number of methoxy groups -OCH3 is 1. The highest BCUT2D eigenvalue weighted by Gasteiger charge is 2.24. The number of ether oxygens (including phenoxy) is 1. The van der Waals surface area contributed by atoms with Crippen LogP contribution in [-0.4, -0.2) is 23.6 Å². The molecule has 5 rings (SSSR count). The summed E-state index contributed by atoms with van der Waals surface area (Å²) < 4.78 is 5.32. The van der Waals surface area contributed by atoms with Gasteiger partial charge in [-0.15, -0.1) is 22.7 Å². The molecule has 0 unspecified atom stereocenters. The Kier molecular flexibility index (Phi) is 4.39. The summed E-state index contributed by atoms with van der Waals surface area (Å²) in [5, 5.41) is 5.55. The largest absolute Gasteiger partial charge is 0.377 e. The number of aromatic nitrogens is 2. The van der Waals surface area contributed by atoms with Crippen LogP contribution in [-0.2, 0) is 24.3 Å². The van der Waals surface area contributed by atoms with E-state index in [1.165, 1.54) is 21.6 Å². The van der Waals surface area contributed by atoms with E-state index in [0.29, 0.717) is 6.61 Å². The average molecular weight is 394 g/mol. The van der Waals surface area contributed by atoms with Crippen molar-refractivity contribution in [2.24, 2.45) is 0 Å². The minimum absolute atomic E-state index is 0.430. The smallest absolute Gasteiger partial charge is 0.158 e. The maximum atomic E-state index is 5.32. The standard InChI is InChI=1S/C21H19N3OS2/c1-25-12-18-22-20(24-9-7-17-15(11-24)8-10-26-17)19-16(13-27-21(19)23-18)14-5-3-2-4-6-14/h2-6,8,10,13H,7,9,11-12H2,1H3. The molecule has 4 heterocycles. The van der Waals surface area contributed by atoms with Gasteiger partial charge in [0.1, 0.15) is 17.3 Å². The van der Waals surface area contributed by atoms with Gasteiger partial charge in [0.2, 0.25) is 0 Å². The second-order valence-electron chi connectivity index (χ2n) is 6.63. The van der Waals surface area contributed by atoms with Crippen LogP contribution in [0.5, 0.6) is 0 Å². The quantitative estimate of drug-likeness (QED) is 0.482. The van der Waals surface area contributed by atoms with Crippen molar-refractivity contribution in [3.05, 3.63) is 63.4 Å². The molecule has 1 aliphatic heterocycles. The molecule has 0 amide bonds. The molecule has 1 aromatic carbocycles. The Labute approximate surface area is 166 Å². The molecule has 1 aliphatic rings. The lowest BCUT2D eigenvalue weighted by molar-refractivity contribution is 0.178. The highest BCUT2D eigenvalue weighted by molar-refractivity contribution is 7.17. The van der Waals surface area contributed by atoms with E-state index in [1.807, 2.05) is 11.3 Å². The predicted molar refractivity (Wildman–Crippen MR) is 113 cm³/mol. The van der Waals surface area contributed by atoms with Crippen LogP contribution in [0.4, 0.5) is 5.82 Å². The number of anilines is 1. The number of benzene rings is 1. The van der Waals surface area contributed by atoms with Gasteiger partial charge in [-0.1, -0.05) is 30.3 Å². The minimum Gasteiger partial charge on any atom is -0.377 e. The molecule has 0 bridgehead atoms. The third-order valence-corrected chi connectivity index (χ3v) is 6.82. The number of fused-ring (bicyclic) bond motifs is 2. The molecule has 4 nitrogen and oxygen atoms in total. The summed E-state index contributed by atoms with van der Waals surface area (Å²) in [6.45, 7) is 2.32. The third kappa shape index (κ3) is 3.04. The SMILES string of the molecule is COCc1nc(N2CCc3sccc3C2)c2c(-c3ccccc3)csc2n1. The highest BCUT2D eigenvalue weighted by atomic mass is 32.1. The van der Waals surface area contributed by atoms with Crippen LogP contribution in [0.15, 0.2) is 47.2 Å². The number of nitrogens with zero attached hydrogens (tertiary/aromatic N) is 3. The van der Waals surface area contributed by atoms with Gasteiger partial charge in [0.15, 0.2) is 5.82 Å². The number of rotatable bonds is 4. The lowest BCUT2D eigenvalue weighted by Gasteiger charge is -2.29. The second kappa shape index (κ2) is 7.03. The Morgan fingerprint density at radius 2 is 2.00 bits per heavy atom. The van der Waals surface area contributed by atoms with Crippen molar-refractivity contribution >= 4 is 38.7 Å². The monoisotopic (exact) mass is 393 g/mol. The van der Waals surface area contributed by atoms with Crippen LogP contribution < -0.4 is 4.90 Å². The lowest BCUT2D eigenvalue weighted by atomic mass is 10.0. The molecule has 6 heteroatoms. The Balaban J connectivity index is 1.68. The zero-order valence-corrected chi connectivity index (χ0v) is 16.6. The molecule has 0 saturated carbocycles. The number of thiophene rings is 2. The van der Waals surface area contributed by atoms with Gasteiger partial charge < -0.3 is 9.64 Å². The molecule has 0 N–H and O–H groups in total. The Hall–Kier alpha value is -2.28. The fourth-order valence-electron chi connectivity index (χ4n) is 3.65. The first-order valence-electron chi connectivity index (χ1n) is 8.96. The van der Waals surface area contributed by atoms with E-state index < -0.39 is 0 Å². The fourth-order valence-corrected chi connectivity index (χ4v) is 5.50. The summed E-state index contributed by atoms with van der Waals surface area (Å²) in [7, 11) is 1.69. The van der Waals surface area contributed by atoms with Gasteiger partial charge in [0.25, 0.3) is 0 Å². The molecule has 3 aromatic heterocycles. The van der Waals surface area contributed by atoms with Gasteiger partial charge in [-0.25, -0.2) is 9.97 Å². The van der Waals surface area contributed by atoms with Crippen molar-refractivity contribution in [2.75, 3.05) is 18.6 Å². The van der Waals surface area contributed by atoms with E-state index in [2.05, 4.69) is 52.1 Å². The number of hydrogen-bond donors (Lipinski definition) is 0. The van der Waals surface area contributed by atoms with Crippen LogP contribution in [0.1, 0.15) is 16.3 Å². The average Bonchev–Trinajstić information content (AvgIpc) is 3.34. The van der Waals surface area contributed by atoms with E-state index in [1.54, 1.807) is 18.4 Å². The van der Waals surface area contributed by atoms with Crippen LogP contribution in [0, 0.1) is 0 Å². The molecule has 27 heavy (non-hydrogen) atoms. The molecule has 0 fully saturated rings. The molecule has 0 atom stereocenters. The van der Waals surface area contributed by atoms with Gasteiger partial charge in [-0.2, -0.15) is 0 Å². The molecule has 0 spiro atoms. The summed E-state index contributed by atoms with van der Waals surface area (Å²) in [6.07, 6.45) is 1.07. The van der Waals surface area contributed by atoms with Crippen molar-refractivity contribution in [2.45, 2.75) is 19.6 Å². The highest BCUT2D eigenvalue weighted by Crippen LogP contribution is 2.40. The third-order valence-electron chi connectivity index (χ3n) is 4.93. The van der Waals surface area contributed by atoms with E-state index >= 15 is 0 Å². The molecule has 0 saturated heterocycles. The van der Waals surface area contributed by atoms with Crippen LogP contribution in [0.25, 0.3) is 21.3 Å². The topological polar surface area (TPSA) is 38.2 Å². The minimum atomic E-state index is 0.430. The van der Waals surface area contributed by atoms with E-state index in [9.17, 15) is 0 Å². The van der Waals surface area contributed by atoms with E-state index in [4.69, 9.17) is 14.7 Å². The zero-order chi connectivity index (χ0) is 18.2. The van der Waals surface area contributed by atoms with Crippen LogP contribution in [0.3, 0.4) is 0 Å². The first-order valence-corrected chi connectivity index (χ1v) is 10.7. The normalized spacial score (nSPS) is 13.9. The molecule has 0 radical (unpaired) electrons. The molecular weight excluding hydrogens is 374 g/mol. The summed E-state index contributed by atoms with van der Waals surface area (Å²) >= 11 is 3.54. The Morgan fingerprint density at radius 3 is 2.85 bits per heavy atom. The van der Waals surface area contributed by atoms with Crippen LogP contribution >= 0.6 is 22.7 Å². The fraction of sp³-hybridized carbons (Fsp3) is 0.238. The molecule has 4 aromatic rings. The summed E-state index contributed by atoms with van der Waals surface area (Å²) in [5.74, 6) is 1.78. The van der Waals surface area contributed by atoms with Crippen LogP contribution in [0.2, 0.25) is 0 Å². The van der Waals surface area contributed by atoms with Crippen molar-refractivity contribution in [1.29, 1.82) is 0 Å². The number of hydrogen-bond acceptors (Lipinski definition) is 6. The Bertz CT molecular complexity index is 1090. The zero-order valence-electron chi connectivity index (χ0n) is 15.0. The first kappa shape index (κ1) is 16.9. The van der Waals surface area contributed by atoms with E-state index in [-0.39, 0.29) is 0 Å². The van der Waals surface area contributed by atoms with Crippen molar-refractivity contribution in [3.8, 4) is 11.1 Å². The molecule has 0 aliphatic carbocycles. The summed E-state index contributed by atoms with van der Waals surface area (Å²) in [6, 6.07) is 12.8. The summed E-state index contributed by atoms with van der Waals surface area (Å²) in [4.78, 5) is 14.6. The van der Waals surface area contributed by atoms with Gasteiger partial charge in [0, 0.05) is 36.0 Å². The maximum absolute atomic E-state index is 5.32.